The molecule has 1 heterocycles. The lowest BCUT2D eigenvalue weighted by Crippen LogP contribution is -2.24. The predicted octanol–water partition coefficient (Wildman–Crippen LogP) is 3.96. The average Bonchev–Trinajstić information content (AvgIpc) is 2.45. The van der Waals surface area contributed by atoms with Crippen molar-refractivity contribution in [3.8, 4) is 0 Å². The molecule has 0 aliphatic carbocycles. The van der Waals surface area contributed by atoms with Gasteiger partial charge in [0.1, 0.15) is 5.82 Å². The van der Waals surface area contributed by atoms with Crippen LogP contribution in [-0.2, 0) is 6.54 Å². The van der Waals surface area contributed by atoms with Crippen LogP contribution >= 0.6 is 0 Å². The normalized spacial score (nSPS) is 11.0. The summed E-state index contributed by atoms with van der Waals surface area (Å²) in [4.78, 5) is 6.76. The fourth-order valence-electron chi connectivity index (χ4n) is 2.48. The Bertz CT molecular complexity index is 605. The first kappa shape index (κ1) is 15.5. The molecule has 0 bridgehead atoms. The van der Waals surface area contributed by atoms with Gasteiger partial charge in [-0.2, -0.15) is 0 Å². The Morgan fingerprint density at radius 3 is 2.62 bits per heavy atom. The van der Waals surface area contributed by atoms with E-state index in [1.54, 1.807) is 0 Å². The van der Waals surface area contributed by atoms with Crippen LogP contribution in [0.15, 0.2) is 36.5 Å². The SMILES string of the molecule is Cc1ccc(N(C)c2ncccc2CNC(C)C)c(C)c1. The van der Waals surface area contributed by atoms with Gasteiger partial charge in [0.15, 0.2) is 0 Å². The van der Waals surface area contributed by atoms with Gasteiger partial charge in [-0.05, 0) is 31.5 Å². The molecule has 0 fully saturated rings. The van der Waals surface area contributed by atoms with Gasteiger partial charge in [-0.3, -0.25) is 0 Å². The summed E-state index contributed by atoms with van der Waals surface area (Å²) in [7, 11) is 2.08. The molecule has 0 saturated carbocycles. The third kappa shape index (κ3) is 3.82. The first-order valence-electron chi connectivity index (χ1n) is 7.47. The highest BCUT2D eigenvalue weighted by molar-refractivity contribution is 5.65. The van der Waals surface area contributed by atoms with Crippen molar-refractivity contribution in [2.45, 2.75) is 40.3 Å². The van der Waals surface area contributed by atoms with Crippen LogP contribution in [0.1, 0.15) is 30.5 Å². The van der Waals surface area contributed by atoms with E-state index in [0.717, 1.165) is 12.4 Å². The number of benzene rings is 1. The molecule has 0 aliphatic rings. The van der Waals surface area contributed by atoms with Gasteiger partial charge < -0.3 is 10.2 Å². The number of hydrogen-bond acceptors (Lipinski definition) is 3. The zero-order valence-corrected chi connectivity index (χ0v) is 13.6. The van der Waals surface area contributed by atoms with E-state index in [1.165, 1.54) is 22.4 Å². The summed E-state index contributed by atoms with van der Waals surface area (Å²) in [6.45, 7) is 9.41. The summed E-state index contributed by atoms with van der Waals surface area (Å²) in [6, 6.07) is 11.1. The number of nitrogens with one attached hydrogen (secondary N) is 1. The van der Waals surface area contributed by atoms with Crippen LogP contribution < -0.4 is 10.2 Å². The van der Waals surface area contributed by atoms with Gasteiger partial charge >= 0.3 is 0 Å². The van der Waals surface area contributed by atoms with E-state index in [1.807, 2.05) is 12.3 Å². The maximum atomic E-state index is 4.58. The molecule has 21 heavy (non-hydrogen) atoms. The number of nitrogens with zero attached hydrogens (tertiary/aromatic N) is 2. The van der Waals surface area contributed by atoms with Gasteiger partial charge in [0.25, 0.3) is 0 Å². The van der Waals surface area contributed by atoms with Crippen LogP contribution in [0, 0.1) is 13.8 Å². The van der Waals surface area contributed by atoms with Gasteiger partial charge in [-0.15, -0.1) is 0 Å². The number of aryl methyl sites for hydroxylation is 2. The van der Waals surface area contributed by atoms with E-state index in [9.17, 15) is 0 Å². The largest absolute Gasteiger partial charge is 0.329 e. The van der Waals surface area contributed by atoms with Crippen molar-refractivity contribution in [2.75, 3.05) is 11.9 Å². The first-order chi connectivity index (χ1) is 9.99. The van der Waals surface area contributed by atoms with Crippen LogP contribution in [0.4, 0.5) is 11.5 Å². The smallest absolute Gasteiger partial charge is 0.137 e. The Morgan fingerprint density at radius 1 is 1.19 bits per heavy atom. The maximum Gasteiger partial charge on any atom is 0.137 e. The Hall–Kier alpha value is -1.87. The van der Waals surface area contributed by atoms with Crippen molar-refractivity contribution in [2.24, 2.45) is 0 Å². The second-order valence-electron chi connectivity index (χ2n) is 5.87. The summed E-state index contributed by atoms with van der Waals surface area (Å²) < 4.78 is 0. The number of hydrogen-bond donors (Lipinski definition) is 1. The summed E-state index contributed by atoms with van der Waals surface area (Å²) in [6.07, 6.45) is 1.86. The average molecular weight is 283 g/mol. The van der Waals surface area contributed by atoms with E-state index >= 15 is 0 Å². The van der Waals surface area contributed by atoms with E-state index in [0.29, 0.717) is 6.04 Å². The Morgan fingerprint density at radius 2 is 1.95 bits per heavy atom. The van der Waals surface area contributed by atoms with Gasteiger partial charge in [-0.25, -0.2) is 4.98 Å². The molecule has 1 N–H and O–H groups in total. The lowest BCUT2D eigenvalue weighted by Gasteiger charge is -2.23. The molecule has 0 amide bonds. The molecule has 2 aromatic rings. The van der Waals surface area contributed by atoms with Crippen LogP contribution in [0.5, 0.6) is 0 Å². The maximum absolute atomic E-state index is 4.58. The summed E-state index contributed by atoms with van der Waals surface area (Å²) >= 11 is 0. The summed E-state index contributed by atoms with van der Waals surface area (Å²) in [5.41, 5.74) is 4.97. The Kier molecular flexibility index (Phi) is 4.97. The molecule has 3 nitrogen and oxygen atoms in total. The van der Waals surface area contributed by atoms with Crippen LogP contribution in [-0.4, -0.2) is 18.1 Å². The third-order valence-electron chi connectivity index (χ3n) is 3.60. The number of aromatic nitrogens is 1. The predicted molar refractivity (Wildman–Crippen MR) is 90.2 cm³/mol. The molecule has 1 aromatic heterocycles. The minimum atomic E-state index is 0.462. The monoisotopic (exact) mass is 283 g/mol. The minimum absolute atomic E-state index is 0.462. The van der Waals surface area contributed by atoms with Crippen LogP contribution in [0.3, 0.4) is 0 Å². The molecule has 2 rings (SSSR count). The molecular weight excluding hydrogens is 258 g/mol. The third-order valence-corrected chi connectivity index (χ3v) is 3.60. The number of rotatable bonds is 5. The molecule has 1 aromatic carbocycles. The van der Waals surface area contributed by atoms with Crippen molar-refractivity contribution >= 4 is 11.5 Å². The van der Waals surface area contributed by atoms with Crippen molar-refractivity contribution in [3.63, 3.8) is 0 Å². The molecule has 112 valence electrons. The first-order valence-corrected chi connectivity index (χ1v) is 7.47. The highest BCUT2D eigenvalue weighted by Crippen LogP contribution is 2.28. The fourth-order valence-corrected chi connectivity index (χ4v) is 2.48. The highest BCUT2D eigenvalue weighted by atomic mass is 15.2. The fraction of sp³-hybridized carbons (Fsp3) is 0.389. The Labute approximate surface area is 128 Å². The number of anilines is 2. The second kappa shape index (κ2) is 6.72. The molecule has 0 atom stereocenters. The van der Waals surface area contributed by atoms with E-state index in [2.05, 4.69) is 74.2 Å². The zero-order valence-electron chi connectivity index (χ0n) is 13.6. The van der Waals surface area contributed by atoms with Gasteiger partial charge in [0, 0.05) is 37.1 Å². The van der Waals surface area contributed by atoms with Gasteiger partial charge in [-0.1, -0.05) is 37.6 Å². The topological polar surface area (TPSA) is 28.2 Å². The molecule has 0 spiro atoms. The molecule has 0 radical (unpaired) electrons. The highest BCUT2D eigenvalue weighted by Gasteiger charge is 2.12. The quantitative estimate of drug-likeness (QED) is 0.900. The minimum Gasteiger partial charge on any atom is -0.329 e. The standard InChI is InChI=1S/C18H25N3/c1-13(2)20-12-16-7-6-10-19-18(16)21(5)17-9-8-14(3)11-15(17)4/h6-11,13,20H,12H2,1-5H3. The molecule has 0 saturated heterocycles. The summed E-state index contributed by atoms with van der Waals surface area (Å²) in [5, 5.41) is 3.47. The molecular formula is C18H25N3. The zero-order chi connectivity index (χ0) is 15.4. The van der Waals surface area contributed by atoms with Crippen LogP contribution in [0.2, 0.25) is 0 Å². The van der Waals surface area contributed by atoms with Gasteiger partial charge in [0.05, 0.1) is 0 Å². The Balaban J connectivity index is 2.32. The lowest BCUT2D eigenvalue weighted by atomic mass is 10.1. The van der Waals surface area contributed by atoms with Crippen LogP contribution in [0.25, 0.3) is 0 Å². The van der Waals surface area contributed by atoms with E-state index in [-0.39, 0.29) is 0 Å². The lowest BCUT2D eigenvalue weighted by molar-refractivity contribution is 0.588. The van der Waals surface area contributed by atoms with Crippen molar-refractivity contribution in [1.29, 1.82) is 0 Å². The van der Waals surface area contributed by atoms with Crippen molar-refractivity contribution in [1.82, 2.24) is 10.3 Å². The van der Waals surface area contributed by atoms with E-state index in [4.69, 9.17) is 0 Å². The van der Waals surface area contributed by atoms with Gasteiger partial charge in [0.2, 0.25) is 0 Å². The molecule has 0 unspecified atom stereocenters. The second-order valence-corrected chi connectivity index (χ2v) is 5.87. The molecule has 0 aliphatic heterocycles. The van der Waals surface area contributed by atoms with Crippen molar-refractivity contribution < 1.29 is 0 Å². The number of pyridine rings is 1. The van der Waals surface area contributed by atoms with E-state index < -0.39 is 0 Å². The van der Waals surface area contributed by atoms with Crippen molar-refractivity contribution in [3.05, 3.63) is 53.2 Å². The summed E-state index contributed by atoms with van der Waals surface area (Å²) in [5.74, 6) is 1.01. The molecule has 3 heteroatoms.